The summed E-state index contributed by atoms with van der Waals surface area (Å²) in [7, 11) is 0. The van der Waals surface area contributed by atoms with E-state index in [0.29, 0.717) is 45.4 Å². The number of carbonyl (C=O) groups excluding carboxylic acids is 2. The first-order valence-electron chi connectivity index (χ1n) is 12.5. The predicted octanol–water partition coefficient (Wildman–Crippen LogP) is 3.99. The van der Waals surface area contributed by atoms with Gasteiger partial charge in [-0.15, -0.1) is 0 Å². The second-order valence-electron chi connectivity index (χ2n) is 10.9. The second-order valence-corrected chi connectivity index (χ2v) is 10.9. The fourth-order valence-electron chi connectivity index (χ4n) is 5.82. The largest absolute Gasteiger partial charge is 0.490 e. The molecular formula is C26H30F3N3O5. The van der Waals surface area contributed by atoms with E-state index in [1.54, 1.807) is 4.90 Å². The standard InChI is InChI=1S/C26H30F3N3O5/c1-24(2)14-17-4-3-5-18(21(17)36-24)15-31-11-7-25(20(16-31)35-23(34)26(27,28)29)8-12-32(13-9-25)22(33)19-6-10-30-37-19/h3-6,10,20H,7-9,11-16H2,1-2H3. The van der Waals surface area contributed by atoms with E-state index < -0.39 is 23.7 Å². The number of ether oxygens (including phenoxy) is 2. The molecule has 3 aliphatic heterocycles. The lowest BCUT2D eigenvalue weighted by molar-refractivity contribution is -0.216. The van der Waals surface area contributed by atoms with Gasteiger partial charge in [-0.25, -0.2) is 4.79 Å². The molecule has 1 aromatic carbocycles. The average molecular weight is 522 g/mol. The quantitative estimate of drug-likeness (QED) is 0.563. The summed E-state index contributed by atoms with van der Waals surface area (Å²) in [4.78, 5) is 28.2. The van der Waals surface area contributed by atoms with Crippen molar-refractivity contribution in [2.45, 2.75) is 64.0 Å². The molecule has 8 nitrogen and oxygen atoms in total. The SMILES string of the molecule is CC1(C)Cc2cccc(CN3CCC4(CCN(C(=O)c5ccno5)CC4)C(OC(=O)C(F)(F)F)C3)c2O1. The molecule has 0 N–H and O–H groups in total. The monoisotopic (exact) mass is 521 g/mol. The van der Waals surface area contributed by atoms with Crippen LogP contribution in [0, 0.1) is 5.41 Å². The van der Waals surface area contributed by atoms with Crippen molar-refractivity contribution in [3.63, 3.8) is 0 Å². The summed E-state index contributed by atoms with van der Waals surface area (Å²) in [5.41, 5.74) is 1.12. The van der Waals surface area contributed by atoms with Crippen LogP contribution in [0.4, 0.5) is 13.2 Å². The number of piperidine rings is 2. The fraction of sp³-hybridized carbons (Fsp3) is 0.577. The number of aromatic nitrogens is 1. The van der Waals surface area contributed by atoms with Crippen LogP contribution < -0.4 is 4.74 Å². The zero-order valence-corrected chi connectivity index (χ0v) is 20.8. The summed E-state index contributed by atoms with van der Waals surface area (Å²) in [6.07, 6.45) is -2.46. The minimum atomic E-state index is -5.08. The lowest BCUT2D eigenvalue weighted by Crippen LogP contribution is -2.57. The highest BCUT2D eigenvalue weighted by Crippen LogP contribution is 2.45. The zero-order valence-electron chi connectivity index (χ0n) is 20.8. The summed E-state index contributed by atoms with van der Waals surface area (Å²) in [5, 5.41) is 3.56. The van der Waals surface area contributed by atoms with Gasteiger partial charge >= 0.3 is 12.1 Å². The van der Waals surface area contributed by atoms with Gasteiger partial charge in [0.15, 0.2) is 0 Å². The Labute approximate surface area is 212 Å². The van der Waals surface area contributed by atoms with Crippen molar-refractivity contribution in [2.75, 3.05) is 26.2 Å². The number of para-hydroxylation sites is 1. The van der Waals surface area contributed by atoms with Crippen LogP contribution in [0.25, 0.3) is 0 Å². The lowest BCUT2D eigenvalue weighted by atomic mass is 9.69. The normalized spacial score (nSPS) is 22.9. The molecule has 1 aromatic heterocycles. The molecule has 0 aliphatic carbocycles. The van der Waals surface area contributed by atoms with Crippen molar-refractivity contribution in [1.82, 2.24) is 15.0 Å². The molecule has 200 valence electrons. The molecule has 11 heteroatoms. The third-order valence-electron chi connectivity index (χ3n) is 7.78. The Hall–Kier alpha value is -3.08. The number of amides is 1. The molecule has 2 saturated heterocycles. The van der Waals surface area contributed by atoms with Gasteiger partial charge in [0, 0.05) is 49.6 Å². The average Bonchev–Trinajstić information content (AvgIpc) is 3.48. The van der Waals surface area contributed by atoms with Crippen molar-refractivity contribution >= 4 is 11.9 Å². The van der Waals surface area contributed by atoms with E-state index in [0.717, 1.165) is 23.3 Å². The van der Waals surface area contributed by atoms with Crippen LogP contribution in [0.5, 0.6) is 5.75 Å². The minimum absolute atomic E-state index is 0.117. The Morgan fingerprint density at radius 1 is 1.14 bits per heavy atom. The molecule has 2 aromatic rings. The second kappa shape index (κ2) is 9.34. The molecule has 37 heavy (non-hydrogen) atoms. The summed E-state index contributed by atoms with van der Waals surface area (Å²) in [5.74, 6) is -1.54. The molecule has 0 radical (unpaired) electrons. The Morgan fingerprint density at radius 2 is 1.86 bits per heavy atom. The first kappa shape index (κ1) is 25.6. The molecule has 3 aliphatic rings. The maximum absolute atomic E-state index is 13.2. The number of rotatable bonds is 4. The molecule has 5 rings (SSSR count). The van der Waals surface area contributed by atoms with Crippen LogP contribution in [0.1, 0.15) is 54.8 Å². The van der Waals surface area contributed by atoms with Gasteiger partial charge in [0.2, 0.25) is 5.76 Å². The highest BCUT2D eigenvalue weighted by Gasteiger charge is 2.51. The van der Waals surface area contributed by atoms with E-state index in [4.69, 9.17) is 14.0 Å². The van der Waals surface area contributed by atoms with E-state index in [1.807, 2.05) is 36.9 Å². The van der Waals surface area contributed by atoms with Gasteiger partial charge in [0.1, 0.15) is 17.5 Å². The van der Waals surface area contributed by atoms with E-state index in [2.05, 4.69) is 5.16 Å². The highest BCUT2D eigenvalue weighted by molar-refractivity contribution is 5.91. The number of hydrogen-bond acceptors (Lipinski definition) is 7. The van der Waals surface area contributed by atoms with Crippen molar-refractivity contribution in [3.8, 4) is 5.75 Å². The van der Waals surface area contributed by atoms with Crippen LogP contribution in [0.15, 0.2) is 35.0 Å². The third-order valence-corrected chi connectivity index (χ3v) is 7.78. The fourth-order valence-corrected chi connectivity index (χ4v) is 5.82. The number of fused-ring (bicyclic) bond motifs is 1. The van der Waals surface area contributed by atoms with Crippen molar-refractivity contribution in [2.24, 2.45) is 5.41 Å². The van der Waals surface area contributed by atoms with Crippen LogP contribution in [-0.2, 0) is 22.5 Å². The Bertz CT molecular complexity index is 1160. The first-order chi connectivity index (χ1) is 17.5. The molecule has 4 heterocycles. The van der Waals surface area contributed by atoms with E-state index in [9.17, 15) is 22.8 Å². The molecule has 1 unspecified atom stereocenters. The van der Waals surface area contributed by atoms with E-state index in [1.165, 1.54) is 12.3 Å². The zero-order chi connectivity index (χ0) is 26.4. The first-order valence-corrected chi connectivity index (χ1v) is 12.5. The van der Waals surface area contributed by atoms with Gasteiger partial charge in [-0.1, -0.05) is 23.4 Å². The summed E-state index contributed by atoms with van der Waals surface area (Å²) < 4.78 is 55.8. The highest BCUT2D eigenvalue weighted by atomic mass is 19.4. The van der Waals surface area contributed by atoms with Crippen molar-refractivity contribution in [1.29, 1.82) is 0 Å². The molecule has 1 spiro atoms. The smallest absolute Gasteiger partial charge is 0.487 e. The van der Waals surface area contributed by atoms with Gasteiger partial charge in [-0.3, -0.25) is 9.69 Å². The number of hydrogen-bond donors (Lipinski definition) is 0. The lowest BCUT2D eigenvalue weighted by Gasteiger charge is -2.50. The van der Waals surface area contributed by atoms with Crippen LogP contribution in [-0.4, -0.2) is 70.9 Å². The van der Waals surface area contributed by atoms with E-state index >= 15 is 0 Å². The Morgan fingerprint density at radius 3 is 2.54 bits per heavy atom. The van der Waals surface area contributed by atoms with Gasteiger partial charge in [0.25, 0.3) is 5.91 Å². The number of carbonyl (C=O) groups is 2. The summed E-state index contributed by atoms with van der Waals surface area (Å²) >= 11 is 0. The molecule has 1 amide bonds. The maximum Gasteiger partial charge on any atom is 0.490 e. The topological polar surface area (TPSA) is 85.1 Å². The van der Waals surface area contributed by atoms with Gasteiger partial charge in [-0.2, -0.15) is 13.2 Å². The number of likely N-dealkylation sites (tertiary alicyclic amines) is 2. The number of alkyl halides is 3. The number of esters is 1. The van der Waals surface area contributed by atoms with E-state index in [-0.39, 0.29) is 23.8 Å². The Kier molecular flexibility index (Phi) is 6.45. The molecule has 1 atom stereocenters. The third kappa shape index (κ3) is 5.18. The predicted molar refractivity (Wildman–Crippen MR) is 125 cm³/mol. The number of benzene rings is 1. The summed E-state index contributed by atoms with van der Waals surface area (Å²) in [6, 6.07) is 7.44. The summed E-state index contributed by atoms with van der Waals surface area (Å²) in [6.45, 7) is 5.98. The Balaban J connectivity index is 1.32. The van der Waals surface area contributed by atoms with Crippen LogP contribution >= 0.6 is 0 Å². The molecule has 0 bridgehead atoms. The van der Waals surface area contributed by atoms with Gasteiger partial charge in [0.05, 0.1) is 6.20 Å². The van der Waals surface area contributed by atoms with Crippen molar-refractivity contribution in [3.05, 3.63) is 47.3 Å². The molecular weight excluding hydrogens is 491 g/mol. The molecule has 0 saturated carbocycles. The van der Waals surface area contributed by atoms with Gasteiger partial charge in [-0.05, 0) is 45.2 Å². The van der Waals surface area contributed by atoms with Crippen LogP contribution in [0.3, 0.4) is 0 Å². The molecule has 2 fully saturated rings. The van der Waals surface area contributed by atoms with Crippen molar-refractivity contribution < 1.29 is 36.8 Å². The minimum Gasteiger partial charge on any atom is -0.487 e. The van der Waals surface area contributed by atoms with Gasteiger partial charge < -0.3 is 18.9 Å². The maximum atomic E-state index is 13.2. The number of nitrogens with zero attached hydrogens (tertiary/aromatic N) is 3. The number of halogens is 3. The van der Waals surface area contributed by atoms with Crippen LogP contribution in [0.2, 0.25) is 0 Å².